The fourth-order valence-electron chi connectivity index (χ4n) is 4.37. The Labute approximate surface area is 216 Å². The highest BCUT2D eigenvalue weighted by molar-refractivity contribution is 7.95. The van der Waals surface area contributed by atoms with E-state index >= 15 is 0 Å². The van der Waals surface area contributed by atoms with Gasteiger partial charge in [-0.2, -0.15) is 4.98 Å². The summed E-state index contributed by atoms with van der Waals surface area (Å²) < 4.78 is 26.4. The number of nitrogens with one attached hydrogen (secondary N) is 2. The van der Waals surface area contributed by atoms with E-state index in [1.165, 1.54) is 5.69 Å². The third-order valence-electron chi connectivity index (χ3n) is 6.40. The highest BCUT2D eigenvalue weighted by Gasteiger charge is 2.15. The SMILES string of the molecule is C=CS(=O)(=O)Nc1cccc(-c2cccc3c(N)nc(Nc4ccc(N5CCN(C)CC5)cc4)nc23)c1. The van der Waals surface area contributed by atoms with E-state index in [0.717, 1.165) is 48.4 Å². The number of fused-ring (bicyclic) bond motifs is 1. The summed E-state index contributed by atoms with van der Waals surface area (Å²) in [6.45, 7) is 7.46. The average molecular weight is 516 g/mol. The standard InChI is InChI=1S/C27H29N7O2S/c1-3-37(35,36)32-21-7-4-6-19(18-21)23-8-5-9-24-25(23)30-27(31-26(24)28)29-20-10-12-22(13-11-20)34-16-14-33(2)15-17-34/h3-13,18,32H,1,14-17H2,2H3,(H3,28,29,30,31). The predicted molar refractivity (Wildman–Crippen MR) is 152 cm³/mol. The van der Waals surface area contributed by atoms with Crippen LogP contribution in [0.2, 0.25) is 0 Å². The van der Waals surface area contributed by atoms with E-state index in [4.69, 9.17) is 10.7 Å². The van der Waals surface area contributed by atoms with Crippen molar-refractivity contribution in [1.29, 1.82) is 0 Å². The molecule has 0 radical (unpaired) electrons. The summed E-state index contributed by atoms with van der Waals surface area (Å²) in [4.78, 5) is 14.0. The zero-order chi connectivity index (χ0) is 26.0. The molecule has 1 aliphatic heterocycles. The molecule has 1 aromatic heterocycles. The van der Waals surface area contributed by atoms with Crippen molar-refractivity contribution in [2.24, 2.45) is 0 Å². The number of piperazine rings is 1. The van der Waals surface area contributed by atoms with E-state index in [1.54, 1.807) is 18.2 Å². The zero-order valence-electron chi connectivity index (χ0n) is 20.6. The molecular formula is C27H29N7O2S. The molecule has 0 amide bonds. The van der Waals surface area contributed by atoms with Crippen LogP contribution in [-0.4, -0.2) is 56.5 Å². The number of likely N-dealkylation sites (N-methyl/N-ethyl adjacent to an activating group) is 1. The molecule has 10 heteroatoms. The van der Waals surface area contributed by atoms with Gasteiger partial charge in [-0.1, -0.05) is 30.8 Å². The van der Waals surface area contributed by atoms with Crippen molar-refractivity contribution in [3.05, 3.63) is 78.7 Å². The first-order valence-electron chi connectivity index (χ1n) is 11.9. The maximum Gasteiger partial charge on any atom is 0.254 e. The lowest BCUT2D eigenvalue weighted by atomic mass is 10.0. The predicted octanol–water partition coefficient (Wildman–Crippen LogP) is 4.26. The Morgan fingerprint density at radius 1 is 0.946 bits per heavy atom. The molecule has 9 nitrogen and oxygen atoms in total. The number of aromatic nitrogens is 2. The van der Waals surface area contributed by atoms with E-state index in [1.807, 2.05) is 36.4 Å². The molecule has 0 saturated carbocycles. The van der Waals surface area contributed by atoms with Crippen LogP contribution in [0.5, 0.6) is 0 Å². The molecule has 0 spiro atoms. The molecule has 0 aliphatic carbocycles. The minimum absolute atomic E-state index is 0.354. The van der Waals surface area contributed by atoms with Gasteiger partial charge in [-0.3, -0.25) is 4.72 Å². The second-order valence-corrected chi connectivity index (χ2v) is 10.6. The van der Waals surface area contributed by atoms with E-state index in [9.17, 15) is 8.42 Å². The van der Waals surface area contributed by atoms with Crippen molar-refractivity contribution in [2.75, 3.05) is 53.9 Å². The summed E-state index contributed by atoms with van der Waals surface area (Å²) in [6, 6.07) is 21.0. The van der Waals surface area contributed by atoms with Crippen LogP contribution in [0, 0.1) is 0 Å². The van der Waals surface area contributed by atoms with Gasteiger partial charge in [0.1, 0.15) is 5.82 Å². The number of benzene rings is 3. The number of nitrogen functional groups attached to an aromatic ring is 1. The molecule has 1 saturated heterocycles. The van der Waals surface area contributed by atoms with Gasteiger partial charge in [0.2, 0.25) is 5.95 Å². The number of anilines is 5. The molecular weight excluding hydrogens is 486 g/mol. The first-order valence-corrected chi connectivity index (χ1v) is 13.5. The molecule has 5 rings (SSSR count). The van der Waals surface area contributed by atoms with Gasteiger partial charge in [0.05, 0.1) is 5.52 Å². The maximum absolute atomic E-state index is 11.9. The molecule has 0 atom stereocenters. The van der Waals surface area contributed by atoms with Gasteiger partial charge in [-0.15, -0.1) is 0 Å². The van der Waals surface area contributed by atoms with Gasteiger partial charge in [-0.05, 0) is 55.1 Å². The summed E-state index contributed by atoms with van der Waals surface area (Å²) in [5, 5.41) is 4.86. The van der Waals surface area contributed by atoms with Gasteiger partial charge < -0.3 is 20.9 Å². The molecule has 4 aromatic rings. The van der Waals surface area contributed by atoms with Gasteiger partial charge in [0.15, 0.2) is 0 Å². The number of hydrogen-bond acceptors (Lipinski definition) is 8. The van der Waals surface area contributed by atoms with Gasteiger partial charge in [-0.25, -0.2) is 13.4 Å². The highest BCUT2D eigenvalue weighted by atomic mass is 32.2. The fraction of sp³-hybridized carbons (Fsp3) is 0.185. The lowest BCUT2D eigenvalue weighted by Crippen LogP contribution is -2.44. The molecule has 1 aliphatic rings. The van der Waals surface area contributed by atoms with E-state index in [0.29, 0.717) is 28.4 Å². The molecule has 190 valence electrons. The summed E-state index contributed by atoms with van der Waals surface area (Å²) >= 11 is 0. The Hall–Kier alpha value is -4.15. The van der Waals surface area contributed by atoms with Gasteiger partial charge >= 0.3 is 0 Å². The number of nitrogens with two attached hydrogens (primary N) is 1. The topological polar surface area (TPSA) is 116 Å². The molecule has 3 aromatic carbocycles. The van der Waals surface area contributed by atoms with E-state index in [-0.39, 0.29) is 0 Å². The highest BCUT2D eigenvalue weighted by Crippen LogP contribution is 2.32. The molecule has 0 unspecified atom stereocenters. The first kappa shape index (κ1) is 24.5. The van der Waals surface area contributed by atoms with Crippen molar-refractivity contribution >= 4 is 49.8 Å². The lowest BCUT2D eigenvalue weighted by Gasteiger charge is -2.34. The average Bonchev–Trinajstić information content (AvgIpc) is 2.89. The van der Waals surface area contributed by atoms with Crippen LogP contribution in [0.25, 0.3) is 22.0 Å². The monoisotopic (exact) mass is 515 g/mol. The molecule has 4 N–H and O–H groups in total. The Bertz CT molecular complexity index is 1550. The number of rotatable bonds is 7. The largest absolute Gasteiger partial charge is 0.383 e. The first-order chi connectivity index (χ1) is 17.8. The van der Waals surface area contributed by atoms with Crippen molar-refractivity contribution in [3.8, 4) is 11.1 Å². The Morgan fingerprint density at radius 3 is 2.41 bits per heavy atom. The molecule has 2 heterocycles. The van der Waals surface area contributed by atoms with Crippen LogP contribution in [-0.2, 0) is 10.0 Å². The summed E-state index contributed by atoms with van der Waals surface area (Å²) in [7, 11) is -1.48. The normalized spacial score (nSPS) is 14.5. The Balaban J connectivity index is 1.44. The smallest absolute Gasteiger partial charge is 0.254 e. The van der Waals surface area contributed by atoms with Gasteiger partial charge in [0.25, 0.3) is 10.0 Å². The van der Waals surface area contributed by atoms with Crippen LogP contribution >= 0.6 is 0 Å². The van der Waals surface area contributed by atoms with E-state index < -0.39 is 10.0 Å². The fourth-order valence-corrected chi connectivity index (χ4v) is 4.91. The van der Waals surface area contributed by atoms with Crippen LogP contribution < -0.4 is 20.7 Å². The Morgan fingerprint density at radius 2 is 1.68 bits per heavy atom. The quantitative estimate of drug-likeness (QED) is 0.334. The van der Waals surface area contributed by atoms with Crippen molar-refractivity contribution in [2.45, 2.75) is 0 Å². The van der Waals surface area contributed by atoms with Crippen LogP contribution in [0.3, 0.4) is 0 Å². The Kier molecular flexibility index (Phi) is 6.68. The zero-order valence-corrected chi connectivity index (χ0v) is 21.4. The second-order valence-electron chi connectivity index (χ2n) is 8.99. The lowest BCUT2D eigenvalue weighted by molar-refractivity contribution is 0.313. The van der Waals surface area contributed by atoms with Crippen LogP contribution in [0.15, 0.2) is 78.7 Å². The third-order valence-corrected chi connectivity index (χ3v) is 7.36. The minimum atomic E-state index is -3.62. The number of nitrogens with zero attached hydrogens (tertiary/aromatic N) is 4. The minimum Gasteiger partial charge on any atom is -0.383 e. The number of sulfonamides is 1. The summed E-state index contributed by atoms with van der Waals surface area (Å²) in [6.07, 6.45) is 0. The third kappa shape index (κ3) is 5.50. The van der Waals surface area contributed by atoms with Crippen molar-refractivity contribution < 1.29 is 8.42 Å². The summed E-state index contributed by atoms with van der Waals surface area (Å²) in [5.41, 5.74) is 11.0. The maximum atomic E-state index is 11.9. The number of hydrogen-bond donors (Lipinski definition) is 3. The second kappa shape index (κ2) is 10.1. The van der Waals surface area contributed by atoms with Crippen molar-refractivity contribution in [1.82, 2.24) is 14.9 Å². The van der Waals surface area contributed by atoms with Crippen molar-refractivity contribution in [3.63, 3.8) is 0 Å². The molecule has 1 fully saturated rings. The van der Waals surface area contributed by atoms with E-state index in [2.05, 4.69) is 50.6 Å². The summed E-state index contributed by atoms with van der Waals surface area (Å²) in [5.74, 6) is 0.736. The van der Waals surface area contributed by atoms with Gasteiger partial charge in [0, 0.05) is 59.6 Å². The number of para-hydroxylation sites is 1. The van der Waals surface area contributed by atoms with Crippen LogP contribution in [0.4, 0.5) is 28.8 Å². The van der Waals surface area contributed by atoms with Crippen LogP contribution in [0.1, 0.15) is 0 Å². The molecule has 0 bridgehead atoms. The molecule has 37 heavy (non-hydrogen) atoms.